The van der Waals surface area contributed by atoms with Crippen molar-refractivity contribution in [1.82, 2.24) is 9.97 Å². The number of pyridine rings is 2. The summed E-state index contributed by atoms with van der Waals surface area (Å²) >= 11 is 0. The summed E-state index contributed by atoms with van der Waals surface area (Å²) in [7, 11) is 0. The molecule has 92 valence electrons. The van der Waals surface area contributed by atoms with E-state index in [0.29, 0.717) is 11.3 Å². The summed E-state index contributed by atoms with van der Waals surface area (Å²) in [4.78, 5) is 20.1. The molecule has 4 heteroatoms. The smallest absolute Gasteiger partial charge is 0.362 e. The number of rotatable bonds is 2. The first kappa shape index (κ1) is 11.3. The molecule has 0 amide bonds. The Morgan fingerprint density at radius 1 is 0.895 bits per heavy atom. The van der Waals surface area contributed by atoms with E-state index in [1.165, 1.54) is 0 Å². The van der Waals surface area contributed by atoms with Crippen LogP contribution in [0.2, 0.25) is 0 Å². The van der Waals surface area contributed by atoms with Crippen molar-refractivity contribution in [1.29, 1.82) is 0 Å². The number of nitrogens with zero attached hydrogens (tertiary/aromatic N) is 2. The van der Waals surface area contributed by atoms with E-state index in [2.05, 4.69) is 9.97 Å². The molecule has 0 saturated heterocycles. The molecule has 0 saturated carbocycles. The van der Waals surface area contributed by atoms with E-state index in [-0.39, 0.29) is 5.69 Å². The van der Waals surface area contributed by atoms with Gasteiger partial charge in [-0.25, -0.2) is 9.78 Å². The molecule has 3 aromatic rings. The Kier molecular flexibility index (Phi) is 2.90. The van der Waals surface area contributed by atoms with Gasteiger partial charge in [-0.15, -0.1) is 0 Å². The molecule has 0 fully saturated rings. The largest absolute Gasteiger partial charge is 0.419 e. The second kappa shape index (κ2) is 4.86. The summed E-state index contributed by atoms with van der Waals surface area (Å²) in [5, 5.41) is 0.925. The standard InChI is InChI=1S/C15H10N2O2/c18-15(12-7-1-2-9-16-12)19-13-8-3-5-11-6-4-10-17-14(11)13/h1-10H. The summed E-state index contributed by atoms with van der Waals surface area (Å²) in [5.41, 5.74) is 0.935. The van der Waals surface area contributed by atoms with Crippen LogP contribution in [0.1, 0.15) is 10.5 Å². The number of benzene rings is 1. The van der Waals surface area contributed by atoms with Crippen LogP contribution < -0.4 is 4.74 Å². The summed E-state index contributed by atoms with van der Waals surface area (Å²) in [6.07, 6.45) is 3.22. The highest BCUT2D eigenvalue weighted by Gasteiger charge is 2.11. The number of esters is 1. The monoisotopic (exact) mass is 250 g/mol. The normalized spacial score (nSPS) is 10.3. The third-order valence-corrected chi connectivity index (χ3v) is 2.67. The molecule has 3 rings (SSSR count). The van der Waals surface area contributed by atoms with Gasteiger partial charge < -0.3 is 4.74 Å². The van der Waals surface area contributed by atoms with Crippen molar-refractivity contribution in [2.24, 2.45) is 0 Å². The van der Waals surface area contributed by atoms with Crippen molar-refractivity contribution in [3.05, 3.63) is 66.6 Å². The number of fused-ring (bicyclic) bond motifs is 1. The molecule has 1 aromatic carbocycles. The lowest BCUT2D eigenvalue weighted by molar-refractivity contribution is 0.0730. The molecule has 4 nitrogen and oxygen atoms in total. The number of para-hydroxylation sites is 1. The molecule has 2 aromatic heterocycles. The van der Waals surface area contributed by atoms with E-state index in [4.69, 9.17) is 4.74 Å². The van der Waals surface area contributed by atoms with Gasteiger partial charge in [0.1, 0.15) is 11.2 Å². The average Bonchev–Trinajstić information content (AvgIpc) is 2.48. The lowest BCUT2D eigenvalue weighted by Gasteiger charge is -2.06. The quantitative estimate of drug-likeness (QED) is 0.518. The van der Waals surface area contributed by atoms with Gasteiger partial charge in [-0.05, 0) is 24.3 Å². The minimum atomic E-state index is -0.487. The SMILES string of the molecule is O=C(Oc1cccc2cccnc12)c1ccccn1. The lowest BCUT2D eigenvalue weighted by Crippen LogP contribution is -2.10. The van der Waals surface area contributed by atoms with E-state index in [9.17, 15) is 4.79 Å². The molecule has 2 heterocycles. The second-order valence-electron chi connectivity index (χ2n) is 3.94. The van der Waals surface area contributed by atoms with Gasteiger partial charge >= 0.3 is 5.97 Å². The molecular weight excluding hydrogens is 240 g/mol. The third-order valence-electron chi connectivity index (χ3n) is 2.67. The fourth-order valence-electron chi connectivity index (χ4n) is 1.79. The second-order valence-corrected chi connectivity index (χ2v) is 3.94. The van der Waals surface area contributed by atoms with Gasteiger partial charge in [0, 0.05) is 17.8 Å². The Morgan fingerprint density at radius 2 is 1.74 bits per heavy atom. The molecule has 19 heavy (non-hydrogen) atoms. The first-order valence-corrected chi connectivity index (χ1v) is 5.81. The first-order chi connectivity index (χ1) is 9.34. The third kappa shape index (κ3) is 2.28. The molecule has 0 aliphatic heterocycles. The minimum Gasteiger partial charge on any atom is -0.419 e. The zero-order chi connectivity index (χ0) is 13.1. The first-order valence-electron chi connectivity index (χ1n) is 5.81. The number of ether oxygens (including phenoxy) is 1. The number of aromatic nitrogens is 2. The molecular formula is C15H10N2O2. The fraction of sp³-hybridized carbons (Fsp3) is 0. The maximum absolute atomic E-state index is 11.9. The van der Waals surface area contributed by atoms with Crippen LogP contribution in [0.25, 0.3) is 10.9 Å². The predicted molar refractivity (Wildman–Crippen MR) is 70.9 cm³/mol. The van der Waals surface area contributed by atoms with Crippen LogP contribution in [-0.2, 0) is 0 Å². The van der Waals surface area contributed by atoms with Crippen molar-refractivity contribution >= 4 is 16.9 Å². The molecule has 0 atom stereocenters. The maximum atomic E-state index is 11.9. The highest BCUT2D eigenvalue weighted by Crippen LogP contribution is 2.23. The Balaban J connectivity index is 1.96. The number of carbonyl (C=O) groups is 1. The van der Waals surface area contributed by atoms with Gasteiger partial charge in [0.2, 0.25) is 0 Å². The van der Waals surface area contributed by atoms with Gasteiger partial charge in [-0.1, -0.05) is 24.3 Å². The summed E-state index contributed by atoms with van der Waals surface area (Å²) in [5.74, 6) is -0.0486. The van der Waals surface area contributed by atoms with Crippen molar-refractivity contribution in [2.75, 3.05) is 0 Å². The minimum absolute atomic E-state index is 0.274. The van der Waals surface area contributed by atoms with Gasteiger partial charge in [0.25, 0.3) is 0 Å². The van der Waals surface area contributed by atoms with Crippen LogP contribution in [0.15, 0.2) is 60.9 Å². The molecule has 0 spiro atoms. The van der Waals surface area contributed by atoms with Crippen LogP contribution in [0.5, 0.6) is 5.75 Å². The Bertz CT molecular complexity index is 721. The van der Waals surface area contributed by atoms with E-state index in [0.717, 1.165) is 5.39 Å². The highest BCUT2D eigenvalue weighted by molar-refractivity contribution is 5.92. The molecule has 0 N–H and O–H groups in total. The summed E-state index contributed by atoms with van der Waals surface area (Å²) < 4.78 is 5.35. The predicted octanol–water partition coefficient (Wildman–Crippen LogP) is 2.85. The highest BCUT2D eigenvalue weighted by atomic mass is 16.5. The molecule has 0 aliphatic rings. The van der Waals surface area contributed by atoms with Crippen molar-refractivity contribution in [2.45, 2.75) is 0 Å². The zero-order valence-electron chi connectivity index (χ0n) is 9.98. The lowest BCUT2D eigenvalue weighted by atomic mass is 10.2. The van der Waals surface area contributed by atoms with E-state index in [1.54, 1.807) is 36.7 Å². The van der Waals surface area contributed by atoms with Gasteiger partial charge in [0.05, 0.1) is 0 Å². The number of carbonyl (C=O) groups excluding carboxylic acids is 1. The topological polar surface area (TPSA) is 52.1 Å². The van der Waals surface area contributed by atoms with E-state index >= 15 is 0 Å². The maximum Gasteiger partial charge on any atom is 0.362 e. The van der Waals surface area contributed by atoms with Gasteiger partial charge in [-0.3, -0.25) is 4.98 Å². The van der Waals surface area contributed by atoms with Crippen molar-refractivity contribution in [3.8, 4) is 5.75 Å². The van der Waals surface area contributed by atoms with Gasteiger partial charge in [-0.2, -0.15) is 0 Å². The Morgan fingerprint density at radius 3 is 2.58 bits per heavy atom. The van der Waals surface area contributed by atoms with Gasteiger partial charge in [0.15, 0.2) is 5.75 Å². The number of hydrogen-bond donors (Lipinski definition) is 0. The van der Waals surface area contributed by atoms with E-state index in [1.807, 2.05) is 24.3 Å². The van der Waals surface area contributed by atoms with Crippen LogP contribution in [0.4, 0.5) is 0 Å². The Hall–Kier alpha value is -2.75. The molecule has 0 radical (unpaired) electrons. The van der Waals surface area contributed by atoms with Crippen molar-refractivity contribution in [3.63, 3.8) is 0 Å². The van der Waals surface area contributed by atoms with Crippen LogP contribution >= 0.6 is 0 Å². The molecule has 0 aliphatic carbocycles. The molecule has 0 bridgehead atoms. The summed E-state index contributed by atoms with van der Waals surface area (Å²) in [6.45, 7) is 0. The zero-order valence-corrected chi connectivity index (χ0v) is 9.98. The van der Waals surface area contributed by atoms with Crippen molar-refractivity contribution < 1.29 is 9.53 Å². The van der Waals surface area contributed by atoms with Crippen LogP contribution in [0.3, 0.4) is 0 Å². The fourth-order valence-corrected chi connectivity index (χ4v) is 1.79. The van der Waals surface area contributed by atoms with E-state index < -0.39 is 5.97 Å². The molecule has 0 unspecified atom stereocenters. The average molecular weight is 250 g/mol. The summed E-state index contributed by atoms with van der Waals surface area (Å²) in [6, 6.07) is 14.3. The number of hydrogen-bond acceptors (Lipinski definition) is 4. The van der Waals surface area contributed by atoms with Crippen LogP contribution in [-0.4, -0.2) is 15.9 Å². The van der Waals surface area contributed by atoms with Crippen LogP contribution in [0, 0.1) is 0 Å². The Labute approximate surface area is 109 Å².